The zero-order valence-electron chi connectivity index (χ0n) is 12.0. The molecule has 0 aliphatic carbocycles. The van der Waals surface area contributed by atoms with Crippen LogP contribution in [0.15, 0.2) is 42.5 Å². The summed E-state index contributed by atoms with van der Waals surface area (Å²) in [5.41, 5.74) is 1.40. The van der Waals surface area contributed by atoms with Crippen LogP contribution in [-0.2, 0) is 11.3 Å². The van der Waals surface area contributed by atoms with E-state index in [1.807, 2.05) is 18.2 Å². The molecule has 6 heteroatoms. The summed E-state index contributed by atoms with van der Waals surface area (Å²) in [7, 11) is 0. The smallest absolute Gasteiger partial charge is 0.361 e. The Morgan fingerprint density at radius 2 is 2.00 bits per heavy atom. The molecule has 0 radical (unpaired) electrons. The number of fused-ring (bicyclic) bond motifs is 1. The third-order valence-electron chi connectivity index (χ3n) is 3.34. The van der Waals surface area contributed by atoms with Crippen molar-refractivity contribution in [3.63, 3.8) is 0 Å². The molecule has 0 N–H and O–H groups in total. The lowest BCUT2D eigenvalue weighted by atomic mass is 10.0. The number of esters is 1. The molecule has 0 amide bonds. The van der Waals surface area contributed by atoms with Gasteiger partial charge >= 0.3 is 5.97 Å². The lowest BCUT2D eigenvalue weighted by Crippen LogP contribution is -2.09. The van der Waals surface area contributed by atoms with Gasteiger partial charge in [0, 0.05) is 0 Å². The third-order valence-corrected chi connectivity index (χ3v) is 4.41. The van der Waals surface area contributed by atoms with Crippen molar-refractivity contribution in [2.45, 2.75) is 13.5 Å². The Balaban J connectivity index is 1.94. The zero-order valence-corrected chi connectivity index (χ0v) is 14.1. The first-order chi connectivity index (χ1) is 10.7. The zero-order chi connectivity index (χ0) is 15.5. The molecule has 2 aromatic carbocycles. The number of aromatic nitrogens is 3. The van der Waals surface area contributed by atoms with Crippen LogP contribution in [0.1, 0.15) is 23.0 Å². The van der Waals surface area contributed by atoms with Crippen LogP contribution in [0.25, 0.3) is 10.8 Å². The fourth-order valence-corrected chi connectivity index (χ4v) is 2.91. The first-order valence-electron chi connectivity index (χ1n) is 6.93. The Labute approximate surface area is 141 Å². The second-order valence-electron chi connectivity index (χ2n) is 4.75. The number of hydrogen-bond donors (Lipinski definition) is 0. The lowest BCUT2D eigenvalue weighted by molar-refractivity contribution is 0.0518. The van der Waals surface area contributed by atoms with Gasteiger partial charge in [0.15, 0.2) is 0 Å². The molecule has 0 saturated heterocycles. The van der Waals surface area contributed by atoms with E-state index in [2.05, 4.69) is 57.2 Å². The SMILES string of the molecule is CCOC(=O)c1nnn(Cc2cccc3ccccc23)c1I. The average molecular weight is 407 g/mol. The van der Waals surface area contributed by atoms with E-state index >= 15 is 0 Å². The molecule has 0 atom stereocenters. The quantitative estimate of drug-likeness (QED) is 0.492. The predicted octanol–water partition coefficient (Wildman–Crippen LogP) is 3.26. The Bertz CT molecular complexity index is 824. The first-order valence-corrected chi connectivity index (χ1v) is 8.01. The highest BCUT2D eigenvalue weighted by Gasteiger charge is 2.19. The number of nitrogens with zero attached hydrogens (tertiary/aromatic N) is 3. The molecular formula is C16H14IN3O2. The summed E-state index contributed by atoms with van der Waals surface area (Å²) in [5, 5.41) is 10.4. The molecule has 1 aromatic heterocycles. The maximum absolute atomic E-state index is 11.8. The Kier molecular flexibility index (Phi) is 4.37. The first kappa shape index (κ1) is 15.0. The molecule has 112 valence electrons. The molecule has 0 saturated carbocycles. The van der Waals surface area contributed by atoms with Crippen molar-refractivity contribution in [2.75, 3.05) is 6.61 Å². The van der Waals surface area contributed by atoms with Crippen LogP contribution in [0.3, 0.4) is 0 Å². The molecule has 22 heavy (non-hydrogen) atoms. The Morgan fingerprint density at radius 3 is 2.82 bits per heavy atom. The van der Waals surface area contributed by atoms with Gasteiger partial charge in [-0.05, 0) is 45.9 Å². The fraction of sp³-hybridized carbons (Fsp3) is 0.188. The van der Waals surface area contributed by atoms with Crippen molar-refractivity contribution in [1.82, 2.24) is 15.0 Å². The van der Waals surface area contributed by atoms with Gasteiger partial charge in [0.05, 0.1) is 13.2 Å². The van der Waals surface area contributed by atoms with Gasteiger partial charge in [0.25, 0.3) is 0 Å². The van der Waals surface area contributed by atoms with E-state index in [1.54, 1.807) is 11.6 Å². The normalized spacial score (nSPS) is 10.8. The number of carbonyl (C=O) groups is 1. The highest BCUT2D eigenvalue weighted by atomic mass is 127. The summed E-state index contributed by atoms with van der Waals surface area (Å²) in [6.07, 6.45) is 0. The van der Waals surface area contributed by atoms with Gasteiger partial charge in [-0.3, -0.25) is 0 Å². The second kappa shape index (κ2) is 6.43. The molecule has 3 rings (SSSR count). The van der Waals surface area contributed by atoms with Crippen molar-refractivity contribution < 1.29 is 9.53 Å². The van der Waals surface area contributed by atoms with E-state index in [9.17, 15) is 4.79 Å². The topological polar surface area (TPSA) is 57.0 Å². The number of carbonyl (C=O) groups excluding carboxylic acids is 1. The number of halogens is 1. The van der Waals surface area contributed by atoms with Gasteiger partial charge in [-0.1, -0.05) is 47.7 Å². The fourth-order valence-electron chi connectivity index (χ4n) is 2.32. The minimum Gasteiger partial charge on any atom is -0.461 e. The largest absolute Gasteiger partial charge is 0.461 e. The van der Waals surface area contributed by atoms with E-state index in [4.69, 9.17) is 4.74 Å². The number of hydrogen-bond acceptors (Lipinski definition) is 4. The van der Waals surface area contributed by atoms with Gasteiger partial charge in [0.1, 0.15) is 3.70 Å². The maximum Gasteiger partial charge on any atom is 0.361 e. The summed E-state index contributed by atoms with van der Waals surface area (Å²) in [5.74, 6) is -0.434. The van der Waals surface area contributed by atoms with Crippen LogP contribution >= 0.6 is 22.6 Å². The molecule has 0 aliphatic rings. The van der Waals surface area contributed by atoms with Crippen LogP contribution < -0.4 is 0 Å². The molecule has 0 fully saturated rings. The van der Waals surface area contributed by atoms with Gasteiger partial charge in [-0.25, -0.2) is 9.48 Å². The Hall–Kier alpha value is -1.96. The number of ether oxygens (including phenoxy) is 1. The second-order valence-corrected chi connectivity index (χ2v) is 5.77. The van der Waals surface area contributed by atoms with Crippen LogP contribution in [-0.4, -0.2) is 27.6 Å². The average Bonchev–Trinajstić information content (AvgIpc) is 2.89. The molecule has 1 heterocycles. The van der Waals surface area contributed by atoms with Crippen molar-refractivity contribution in [1.29, 1.82) is 0 Å². The van der Waals surface area contributed by atoms with Gasteiger partial charge in [0.2, 0.25) is 5.69 Å². The monoisotopic (exact) mass is 407 g/mol. The number of rotatable bonds is 4. The van der Waals surface area contributed by atoms with Crippen LogP contribution in [0, 0.1) is 3.70 Å². The molecular weight excluding hydrogens is 393 g/mol. The van der Waals surface area contributed by atoms with Crippen molar-refractivity contribution >= 4 is 39.3 Å². The molecule has 0 unspecified atom stereocenters. The van der Waals surface area contributed by atoms with Gasteiger partial charge in [-0.2, -0.15) is 0 Å². The Morgan fingerprint density at radius 1 is 1.23 bits per heavy atom. The van der Waals surface area contributed by atoms with E-state index in [0.29, 0.717) is 16.9 Å². The van der Waals surface area contributed by atoms with Crippen LogP contribution in [0.2, 0.25) is 0 Å². The summed E-state index contributed by atoms with van der Waals surface area (Å²) in [4.78, 5) is 11.8. The molecule has 0 bridgehead atoms. The maximum atomic E-state index is 11.8. The predicted molar refractivity (Wildman–Crippen MR) is 91.7 cm³/mol. The summed E-state index contributed by atoms with van der Waals surface area (Å²) in [6, 6.07) is 14.4. The van der Waals surface area contributed by atoms with Crippen molar-refractivity contribution in [3.8, 4) is 0 Å². The molecule has 0 aliphatic heterocycles. The summed E-state index contributed by atoms with van der Waals surface area (Å²) < 4.78 is 7.38. The van der Waals surface area contributed by atoms with E-state index < -0.39 is 5.97 Å². The van der Waals surface area contributed by atoms with Gasteiger partial charge < -0.3 is 4.74 Å². The minimum atomic E-state index is -0.434. The van der Waals surface area contributed by atoms with Crippen LogP contribution in [0.5, 0.6) is 0 Å². The summed E-state index contributed by atoms with van der Waals surface area (Å²) in [6.45, 7) is 2.66. The lowest BCUT2D eigenvalue weighted by Gasteiger charge is -2.07. The van der Waals surface area contributed by atoms with Crippen molar-refractivity contribution in [2.24, 2.45) is 0 Å². The highest BCUT2D eigenvalue weighted by Crippen LogP contribution is 2.20. The van der Waals surface area contributed by atoms with E-state index in [1.165, 1.54) is 10.8 Å². The van der Waals surface area contributed by atoms with Crippen molar-refractivity contribution in [3.05, 3.63) is 57.4 Å². The highest BCUT2D eigenvalue weighted by molar-refractivity contribution is 14.1. The van der Waals surface area contributed by atoms with Crippen LogP contribution in [0.4, 0.5) is 0 Å². The van der Waals surface area contributed by atoms with Gasteiger partial charge in [-0.15, -0.1) is 5.10 Å². The standard InChI is InChI=1S/C16H14IN3O2/c1-2-22-16(21)14-15(17)20(19-18-14)10-12-8-5-7-11-6-3-4-9-13(11)12/h3-9H,2,10H2,1H3. The van der Waals surface area contributed by atoms with E-state index in [0.717, 1.165) is 5.56 Å². The van der Waals surface area contributed by atoms with E-state index in [-0.39, 0.29) is 5.69 Å². The summed E-state index contributed by atoms with van der Waals surface area (Å²) >= 11 is 2.08. The number of benzene rings is 2. The molecule has 3 aromatic rings. The third kappa shape index (κ3) is 2.83. The molecule has 5 nitrogen and oxygen atoms in total. The minimum absolute atomic E-state index is 0.266. The molecule has 0 spiro atoms.